The van der Waals surface area contributed by atoms with Gasteiger partial charge in [0.15, 0.2) is 6.29 Å². The van der Waals surface area contributed by atoms with Gasteiger partial charge in [0, 0.05) is 36.5 Å². The van der Waals surface area contributed by atoms with E-state index in [4.69, 9.17) is 20.3 Å². The molecule has 4 heterocycles. The number of aliphatic hydroxyl groups excluding tert-OH is 1. The van der Waals surface area contributed by atoms with Crippen LogP contribution in [0, 0.1) is 11.8 Å². The smallest absolute Gasteiger partial charge is 0.153 e. The van der Waals surface area contributed by atoms with E-state index in [1.54, 1.807) is 17.1 Å². The van der Waals surface area contributed by atoms with Crippen LogP contribution in [0.15, 0.2) is 43.2 Å². The van der Waals surface area contributed by atoms with Crippen LogP contribution < -0.4 is 0 Å². The molecule has 4 aromatic heterocycles. The first-order chi connectivity index (χ1) is 15.2. The number of hydrogen-bond donors (Lipinski definition) is 2. The number of nitrogens with zero attached hydrogens (tertiary/aromatic N) is 7. The van der Waals surface area contributed by atoms with Gasteiger partial charge in [-0.25, -0.2) is 9.50 Å². The van der Waals surface area contributed by atoms with E-state index in [9.17, 15) is 0 Å². The van der Waals surface area contributed by atoms with Gasteiger partial charge in [-0.05, 0) is 43.6 Å². The highest BCUT2D eigenvalue weighted by molar-refractivity contribution is 5.78. The van der Waals surface area contributed by atoms with E-state index < -0.39 is 6.29 Å². The molecular formula is C22H25N7O2. The highest BCUT2D eigenvalue weighted by Gasteiger charge is 2.43. The van der Waals surface area contributed by atoms with Crippen LogP contribution in [-0.2, 0) is 6.54 Å². The molecule has 9 heteroatoms. The second-order valence-corrected chi connectivity index (χ2v) is 8.77. The lowest BCUT2D eigenvalue weighted by Gasteiger charge is -2.15. The topological polar surface area (TPSA) is 106 Å². The summed E-state index contributed by atoms with van der Waals surface area (Å²) >= 11 is 0. The predicted octanol–water partition coefficient (Wildman–Crippen LogP) is 2.52. The Labute approximate surface area is 179 Å². The van der Waals surface area contributed by atoms with Crippen LogP contribution in [0.1, 0.15) is 38.1 Å². The number of fused-ring (bicyclic) bond motifs is 1. The lowest BCUT2D eigenvalue weighted by atomic mass is 10.1. The Morgan fingerprint density at radius 1 is 0.935 bits per heavy atom. The molecule has 0 unspecified atom stereocenters. The van der Waals surface area contributed by atoms with Gasteiger partial charge in [0.1, 0.15) is 0 Å². The minimum atomic E-state index is -1.34. The molecule has 2 N–H and O–H groups in total. The summed E-state index contributed by atoms with van der Waals surface area (Å²) in [5.41, 5.74) is 4.40. The van der Waals surface area contributed by atoms with Crippen molar-refractivity contribution in [3.05, 3.63) is 43.2 Å². The third-order valence-electron chi connectivity index (χ3n) is 6.33. The molecule has 2 saturated carbocycles. The third kappa shape index (κ3) is 3.64. The standard InChI is InChI=1S/C22H25N7O2/c30-20(31)6-8-27-11-16(9-24-27)18-13-28-19(5-7-23-28)21(26-18)17-10-25-29(12-17)22(14-1-2-14)15-3-4-15/h5,7,9-15,20,22,30-31H,1-4,6,8H2. The lowest BCUT2D eigenvalue weighted by molar-refractivity contribution is -0.0482. The number of hydrogen-bond acceptors (Lipinski definition) is 6. The van der Waals surface area contributed by atoms with Gasteiger partial charge in [-0.15, -0.1) is 0 Å². The van der Waals surface area contributed by atoms with Crippen LogP contribution in [0.5, 0.6) is 0 Å². The maximum atomic E-state index is 9.09. The summed E-state index contributed by atoms with van der Waals surface area (Å²) in [4.78, 5) is 4.95. The molecule has 0 atom stereocenters. The monoisotopic (exact) mass is 419 g/mol. The zero-order valence-electron chi connectivity index (χ0n) is 17.1. The first-order valence-corrected chi connectivity index (χ1v) is 10.9. The number of aliphatic hydroxyl groups is 2. The van der Waals surface area contributed by atoms with Crippen molar-refractivity contribution in [1.29, 1.82) is 0 Å². The molecule has 9 nitrogen and oxygen atoms in total. The van der Waals surface area contributed by atoms with Gasteiger partial charge in [0.2, 0.25) is 0 Å². The van der Waals surface area contributed by atoms with Gasteiger partial charge in [0.25, 0.3) is 0 Å². The lowest BCUT2D eigenvalue weighted by Crippen LogP contribution is -2.13. The maximum absolute atomic E-state index is 9.09. The van der Waals surface area contributed by atoms with Crippen molar-refractivity contribution in [2.45, 2.75) is 51.0 Å². The molecule has 2 aliphatic rings. The minimum Gasteiger partial charge on any atom is -0.368 e. The number of aromatic nitrogens is 7. The summed E-state index contributed by atoms with van der Waals surface area (Å²) < 4.78 is 5.70. The van der Waals surface area contributed by atoms with Gasteiger partial charge < -0.3 is 10.2 Å². The fourth-order valence-corrected chi connectivity index (χ4v) is 4.46. The Bertz CT molecular complexity index is 1200. The van der Waals surface area contributed by atoms with E-state index in [1.165, 1.54) is 25.7 Å². The van der Waals surface area contributed by atoms with Crippen molar-refractivity contribution in [3.8, 4) is 22.5 Å². The normalized spacial score (nSPS) is 16.8. The zero-order chi connectivity index (χ0) is 20.9. The van der Waals surface area contributed by atoms with Gasteiger partial charge in [-0.1, -0.05) is 0 Å². The Morgan fingerprint density at radius 2 is 1.71 bits per heavy atom. The minimum absolute atomic E-state index is 0.223. The van der Waals surface area contributed by atoms with Crippen LogP contribution in [0.3, 0.4) is 0 Å². The second kappa shape index (κ2) is 7.28. The van der Waals surface area contributed by atoms with Crippen molar-refractivity contribution < 1.29 is 10.2 Å². The maximum Gasteiger partial charge on any atom is 0.153 e. The summed E-state index contributed by atoms with van der Waals surface area (Å²) in [6.45, 7) is 0.422. The van der Waals surface area contributed by atoms with Gasteiger partial charge >= 0.3 is 0 Å². The Morgan fingerprint density at radius 3 is 2.45 bits per heavy atom. The van der Waals surface area contributed by atoms with Gasteiger partial charge in [-0.2, -0.15) is 15.3 Å². The number of rotatable bonds is 8. The molecule has 6 rings (SSSR count). The molecule has 0 amide bonds. The third-order valence-corrected chi connectivity index (χ3v) is 6.33. The average Bonchev–Trinajstić information content (AvgIpc) is 3.60. The fourth-order valence-electron chi connectivity index (χ4n) is 4.46. The van der Waals surface area contributed by atoms with Gasteiger partial charge in [-0.3, -0.25) is 9.36 Å². The molecule has 0 bridgehead atoms. The Balaban J connectivity index is 1.36. The summed E-state index contributed by atoms with van der Waals surface area (Å²) in [6, 6.07) is 2.49. The first-order valence-electron chi connectivity index (χ1n) is 10.9. The van der Waals surface area contributed by atoms with Crippen LogP contribution in [0.2, 0.25) is 0 Å². The molecule has 0 aliphatic heterocycles. The van der Waals surface area contributed by atoms with E-state index in [2.05, 4.69) is 21.1 Å². The molecule has 0 saturated heterocycles. The quantitative estimate of drug-likeness (QED) is 0.425. The van der Waals surface area contributed by atoms with Crippen LogP contribution >= 0.6 is 0 Å². The summed E-state index contributed by atoms with van der Waals surface area (Å²) in [5, 5.41) is 31.7. The molecule has 31 heavy (non-hydrogen) atoms. The molecule has 160 valence electrons. The largest absolute Gasteiger partial charge is 0.368 e. The van der Waals surface area contributed by atoms with Crippen molar-refractivity contribution in [1.82, 2.24) is 34.2 Å². The van der Waals surface area contributed by atoms with E-state index >= 15 is 0 Å². The fraction of sp³-hybridized carbons (Fsp3) is 0.455. The van der Waals surface area contributed by atoms with E-state index in [-0.39, 0.29) is 6.42 Å². The molecule has 0 radical (unpaired) electrons. The first kappa shape index (κ1) is 18.7. The highest BCUT2D eigenvalue weighted by Crippen LogP contribution is 2.52. The second-order valence-electron chi connectivity index (χ2n) is 8.77. The van der Waals surface area contributed by atoms with E-state index in [0.29, 0.717) is 12.6 Å². The SMILES string of the molecule is OC(O)CCn1cc(-c2cn3nccc3c(-c3cnn(C(C4CC4)C4CC4)c3)n2)cn1. The summed E-state index contributed by atoms with van der Waals surface area (Å²) in [6.07, 6.45) is 15.5. The van der Waals surface area contributed by atoms with Crippen LogP contribution in [0.25, 0.3) is 28.0 Å². The average molecular weight is 419 g/mol. The summed E-state index contributed by atoms with van der Waals surface area (Å²) in [7, 11) is 0. The molecular weight excluding hydrogens is 394 g/mol. The van der Waals surface area contributed by atoms with Gasteiger partial charge in [0.05, 0.1) is 47.7 Å². The van der Waals surface area contributed by atoms with E-state index in [0.717, 1.165) is 39.9 Å². The Hall–Kier alpha value is -3.04. The van der Waals surface area contributed by atoms with Crippen LogP contribution in [-0.4, -0.2) is 50.7 Å². The van der Waals surface area contributed by atoms with Crippen molar-refractivity contribution in [2.24, 2.45) is 11.8 Å². The Kier molecular flexibility index (Phi) is 4.39. The number of aryl methyl sites for hydroxylation is 1. The molecule has 2 aliphatic carbocycles. The zero-order valence-corrected chi connectivity index (χ0v) is 17.1. The molecule has 2 fully saturated rings. The molecule has 0 aromatic carbocycles. The van der Waals surface area contributed by atoms with Crippen LogP contribution in [0.4, 0.5) is 0 Å². The molecule has 4 aromatic rings. The van der Waals surface area contributed by atoms with E-state index in [1.807, 2.05) is 29.2 Å². The van der Waals surface area contributed by atoms with Crippen molar-refractivity contribution in [3.63, 3.8) is 0 Å². The highest BCUT2D eigenvalue weighted by atomic mass is 16.5. The van der Waals surface area contributed by atoms with Crippen molar-refractivity contribution in [2.75, 3.05) is 0 Å². The summed E-state index contributed by atoms with van der Waals surface area (Å²) in [5.74, 6) is 1.55. The van der Waals surface area contributed by atoms with Crippen molar-refractivity contribution >= 4 is 5.52 Å². The molecule has 0 spiro atoms. The predicted molar refractivity (Wildman–Crippen MR) is 113 cm³/mol.